The third-order valence-electron chi connectivity index (χ3n) is 12.4. The van der Waals surface area contributed by atoms with Crippen LogP contribution in [0.25, 0.3) is 0 Å². The molecule has 0 aromatic rings. The van der Waals surface area contributed by atoms with Gasteiger partial charge in [-0.05, 0) is 95.8 Å². The van der Waals surface area contributed by atoms with Gasteiger partial charge in [0.1, 0.15) is 12.1 Å². The van der Waals surface area contributed by atoms with Crippen molar-refractivity contribution < 1.29 is 32.4 Å². The van der Waals surface area contributed by atoms with E-state index in [4.69, 9.17) is 0 Å². The van der Waals surface area contributed by atoms with Crippen molar-refractivity contribution in [2.75, 3.05) is 12.3 Å². The molecule has 0 aromatic carbocycles. The van der Waals surface area contributed by atoms with Crippen LogP contribution in [-0.4, -0.2) is 89.6 Å². The molecular formula is C40H69N5O7S. The average Bonchev–Trinajstić information content (AvgIpc) is 3.77. The van der Waals surface area contributed by atoms with Crippen molar-refractivity contribution in [3.05, 3.63) is 0 Å². The first-order valence-corrected chi connectivity index (χ1v) is 22.2. The second-order valence-corrected chi connectivity index (χ2v) is 21.2. The molecule has 4 rings (SSSR count). The van der Waals surface area contributed by atoms with Gasteiger partial charge in [-0.15, -0.1) is 0 Å². The van der Waals surface area contributed by atoms with E-state index in [0.29, 0.717) is 45.1 Å². The van der Waals surface area contributed by atoms with Crippen molar-refractivity contribution in [2.45, 2.75) is 192 Å². The highest BCUT2D eigenvalue weighted by atomic mass is 32.2. The molecule has 0 spiro atoms. The lowest BCUT2D eigenvalue weighted by Gasteiger charge is -2.41. The summed E-state index contributed by atoms with van der Waals surface area (Å²) in [6.07, 6.45) is 13.0. The molecule has 1 heterocycles. The van der Waals surface area contributed by atoms with Gasteiger partial charge in [0.15, 0.2) is 9.84 Å². The maximum atomic E-state index is 14.8. The zero-order valence-corrected chi connectivity index (χ0v) is 34.4. The van der Waals surface area contributed by atoms with Gasteiger partial charge in [0.25, 0.3) is 5.91 Å². The summed E-state index contributed by atoms with van der Waals surface area (Å²) in [6.45, 7) is 13.5. The van der Waals surface area contributed by atoms with Crippen LogP contribution in [0.2, 0.25) is 0 Å². The second-order valence-electron chi connectivity index (χ2n) is 18.4. The molecule has 12 nitrogen and oxygen atoms in total. The summed E-state index contributed by atoms with van der Waals surface area (Å²) in [7, 11) is -3.56. The fourth-order valence-electron chi connectivity index (χ4n) is 8.73. The SMILES string of the molecule is CCCC[C@H](NC(=O)[C@@H]1[C@@H](C(C)C)CCN1C(=O)[C@H](CC1(C)CCCCC1)NC(=O)NC1(CS(=O)(=O)C(C)(C)C)CCCCC1)C(=O)C(=O)NC1CC1. The maximum Gasteiger partial charge on any atom is 0.315 e. The van der Waals surface area contributed by atoms with E-state index < -0.39 is 61.9 Å². The number of hydrogen-bond acceptors (Lipinski definition) is 7. The van der Waals surface area contributed by atoms with E-state index >= 15 is 0 Å². The molecular weight excluding hydrogens is 695 g/mol. The normalized spacial score (nSPS) is 24.2. The number of ketones is 1. The minimum absolute atomic E-state index is 0.00536. The number of carbonyl (C=O) groups is 5. The zero-order chi connectivity index (χ0) is 39.2. The Bertz CT molecular complexity index is 1420. The van der Waals surface area contributed by atoms with Crippen molar-refractivity contribution in [1.82, 2.24) is 26.2 Å². The number of hydrogen-bond donors (Lipinski definition) is 4. The number of unbranched alkanes of at least 4 members (excludes halogenated alkanes) is 1. The standard InChI is InChI=1S/C40H69N5O7S/c1-8-9-16-30(33(46)35(48)41-28-17-18-28)42-34(47)32-29(27(2)3)19-24-45(32)36(49)31(25-39(7)20-12-10-13-21-39)43-37(50)44-40(22-14-11-15-23-40)26-53(51,52)38(4,5)6/h27-32H,8-26H2,1-7H3,(H,41,48)(H,42,47)(H2,43,44,50)/t29-,30+,31+,32+/m1/s1. The molecule has 1 saturated heterocycles. The molecule has 5 amide bonds. The lowest BCUT2D eigenvalue weighted by atomic mass is 9.71. The van der Waals surface area contributed by atoms with Gasteiger partial charge in [-0.25, -0.2) is 13.2 Å². The van der Waals surface area contributed by atoms with E-state index in [9.17, 15) is 32.4 Å². The molecule has 3 aliphatic carbocycles. The number of sulfone groups is 1. The number of nitrogens with one attached hydrogen (secondary N) is 4. The Kier molecular flexibility index (Phi) is 14.5. The van der Waals surface area contributed by atoms with Crippen LogP contribution in [0.3, 0.4) is 0 Å². The van der Waals surface area contributed by atoms with E-state index in [0.717, 1.165) is 70.6 Å². The van der Waals surface area contributed by atoms with Gasteiger partial charge in [-0.2, -0.15) is 0 Å². The Hall–Kier alpha value is -2.70. The van der Waals surface area contributed by atoms with E-state index in [1.807, 2.05) is 20.8 Å². The fraction of sp³-hybridized carbons (Fsp3) is 0.875. The molecule has 1 aliphatic heterocycles. The molecule has 13 heteroatoms. The minimum Gasteiger partial charge on any atom is -0.347 e. The lowest BCUT2D eigenvalue weighted by Crippen LogP contribution is -2.62. The average molecular weight is 764 g/mol. The summed E-state index contributed by atoms with van der Waals surface area (Å²) in [5.74, 6) is -2.46. The van der Waals surface area contributed by atoms with E-state index in [1.165, 1.54) is 0 Å². The van der Waals surface area contributed by atoms with Crippen LogP contribution in [-0.2, 0) is 29.0 Å². The van der Waals surface area contributed by atoms with Gasteiger partial charge >= 0.3 is 6.03 Å². The van der Waals surface area contributed by atoms with Gasteiger partial charge in [-0.1, -0.05) is 79.1 Å². The van der Waals surface area contributed by atoms with E-state index in [1.54, 1.807) is 25.7 Å². The highest BCUT2D eigenvalue weighted by Crippen LogP contribution is 2.41. The van der Waals surface area contributed by atoms with Crippen LogP contribution in [0.5, 0.6) is 0 Å². The van der Waals surface area contributed by atoms with Crippen LogP contribution in [0.4, 0.5) is 4.79 Å². The highest BCUT2D eigenvalue weighted by molar-refractivity contribution is 7.92. The quantitative estimate of drug-likeness (QED) is 0.154. The second kappa shape index (κ2) is 17.8. The summed E-state index contributed by atoms with van der Waals surface area (Å²) in [6, 6.07) is -3.38. The molecule has 4 atom stereocenters. The van der Waals surface area contributed by atoms with Crippen LogP contribution in [0.1, 0.15) is 158 Å². The Morgan fingerprint density at radius 2 is 1.45 bits per heavy atom. The Morgan fingerprint density at radius 3 is 2.00 bits per heavy atom. The summed E-state index contributed by atoms with van der Waals surface area (Å²) >= 11 is 0. The Labute approximate surface area is 318 Å². The van der Waals surface area contributed by atoms with Gasteiger partial charge in [0.05, 0.1) is 22.1 Å². The third-order valence-corrected chi connectivity index (χ3v) is 15.2. The van der Waals surface area contributed by atoms with Crippen molar-refractivity contribution in [3.8, 4) is 0 Å². The number of urea groups is 1. The maximum absolute atomic E-state index is 14.8. The molecule has 302 valence electrons. The Morgan fingerprint density at radius 1 is 0.849 bits per heavy atom. The Balaban J connectivity index is 1.60. The predicted octanol–water partition coefficient (Wildman–Crippen LogP) is 5.33. The van der Waals surface area contributed by atoms with Gasteiger partial charge < -0.3 is 26.2 Å². The minimum atomic E-state index is -3.56. The topological polar surface area (TPSA) is 171 Å². The molecule has 3 saturated carbocycles. The first kappa shape index (κ1) is 43.0. The van der Waals surface area contributed by atoms with E-state index in [-0.39, 0.29) is 35.0 Å². The van der Waals surface area contributed by atoms with E-state index in [2.05, 4.69) is 28.2 Å². The largest absolute Gasteiger partial charge is 0.347 e. The monoisotopic (exact) mass is 763 g/mol. The third kappa shape index (κ3) is 11.4. The molecule has 53 heavy (non-hydrogen) atoms. The van der Waals surface area contributed by atoms with Crippen LogP contribution in [0, 0.1) is 17.3 Å². The first-order valence-electron chi connectivity index (χ1n) is 20.6. The van der Waals surface area contributed by atoms with Crippen molar-refractivity contribution in [3.63, 3.8) is 0 Å². The highest BCUT2D eigenvalue weighted by Gasteiger charge is 2.48. The molecule has 0 aromatic heterocycles. The zero-order valence-electron chi connectivity index (χ0n) is 33.6. The molecule has 4 fully saturated rings. The first-order chi connectivity index (χ1) is 24.8. The van der Waals surface area contributed by atoms with Crippen LogP contribution in [0.15, 0.2) is 0 Å². The van der Waals surface area contributed by atoms with Gasteiger partial charge in [-0.3, -0.25) is 19.2 Å². The molecule has 0 bridgehead atoms. The molecule has 0 radical (unpaired) electrons. The number of carbonyl (C=O) groups excluding carboxylic acids is 5. The number of amides is 5. The van der Waals surface area contributed by atoms with Crippen LogP contribution >= 0.6 is 0 Å². The predicted molar refractivity (Wildman–Crippen MR) is 207 cm³/mol. The van der Waals surface area contributed by atoms with Crippen LogP contribution < -0.4 is 21.3 Å². The summed E-state index contributed by atoms with van der Waals surface area (Å²) in [4.78, 5) is 70.8. The van der Waals surface area contributed by atoms with Gasteiger partial charge in [0, 0.05) is 12.6 Å². The smallest absolute Gasteiger partial charge is 0.315 e. The molecule has 4 aliphatic rings. The lowest BCUT2D eigenvalue weighted by molar-refractivity contribution is -0.144. The number of rotatable bonds is 16. The van der Waals surface area contributed by atoms with Crippen molar-refractivity contribution in [1.29, 1.82) is 0 Å². The summed E-state index contributed by atoms with van der Waals surface area (Å²) in [5, 5.41) is 11.7. The molecule has 4 N–H and O–H groups in total. The molecule has 0 unspecified atom stereocenters. The number of Topliss-reactive ketones (excluding diaryl/α,β-unsaturated/α-hetero) is 1. The fourth-order valence-corrected chi connectivity index (χ4v) is 10.2. The number of nitrogens with zero attached hydrogens (tertiary/aromatic N) is 1. The summed E-state index contributed by atoms with van der Waals surface area (Å²) in [5.41, 5.74) is -1.15. The van der Waals surface area contributed by atoms with Crippen molar-refractivity contribution in [2.24, 2.45) is 17.3 Å². The summed E-state index contributed by atoms with van der Waals surface area (Å²) < 4.78 is 25.9. The number of likely N-dealkylation sites (tertiary alicyclic amines) is 1. The van der Waals surface area contributed by atoms with Crippen molar-refractivity contribution >= 4 is 39.4 Å². The van der Waals surface area contributed by atoms with Gasteiger partial charge in [0.2, 0.25) is 17.6 Å².